The second-order valence-corrected chi connectivity index (χ2v) is 5.56. The number of nitriles is 1. The van der Waals surface area contributed by atoms with E-state index in [1.807, 2.05) is 24.3 Å². The molecule has 6 nitrogen and oxygen atoms in total. The molecule has 3 amide bonds. The van der Waals surface area contributed by atoms with Gasteiger partial charge >= 0.3 is 6.03 Å². The largest absolute Gasteiger partial charge is 0.369 e. The van der Waals surface area contributed by atoms with Crippen LogP contribution in [0.2, 0.25) is 0 Å². The zero-order chi connectivity index (χ0) is 17.3. The van der Waals surface area contributed by atoms with Crippen LogP contribution >= 0.6 is 0 Å². The molecule has 0 aromatic heterocycles. The molecule has 0 spiro atoms. The van der Waals surface area contributed by atoms with Crippen molar-refractivity contribution in [1.82, 2.24) is 10.2 Å². The first kappa shape index (κ1) is 15.7. The van der Waals surface area contributed by atoms with Crippen molar-refractivity contribution in [1.29, 1.82) is 5.26 Å². The molecule has 2 unspecified atom stereocenters. The van der Waals surface area contributed by atoms with E-state index in [9.17, 15) is 14.7 Å². The Morgan fingerprint density at radius 2 is 1.62 bits per heavy atom. The van der Waals surface area contributed by atoms with Crippen LogP contribution in [0.4, 0.5) is 4.79 Å². The number of hydrogen-bond donors (Lipinski definition) is 2. The summed E-state index contributed by atoms with van der Waals surface area (Å²) in [5, 5.41) is 21.4. The number of hydrogen-bond acceptors (Lipinski definition) is 4. The summed E-state index contributed by atoms with van der Waals surface area (Å²) in [6.07, 6.45) is -1.19. The van der Waals surface area contributed by atoms with Gasteiger partial charge in [0.25, 0.3) is 5.91 Å². The van der Waals surface area contributed by atoms with Gasteiger partial charge in [0.15, 0.2) is 6.23 Å². The monoisotopic (exact) mass is 321 g/mol. The number of benzene rings is 2. The highest BCUT2D eigenvalue weighted by atomic mass is 16.3. The third-order valence-corrected chi connectivity index (χ3v) is 4.08. The van der Waals surface area contributed by atoms with Crippen LogP contribution in [0.3, 0.4) is 0 Å². The highest BCUT2D eigenvalue weighted by molar-refractivity contribution is 6.04. The molecular formula is C18H15N3O3. The molecule has 0 aliphatic carbocycles. The number of urea groups is 1. The SMILES string of the molecule is CC1C(=O)NC(=O)N1C(O)c1ccc(-c2ccc(C#N)cc2)cc1. The van der Waals surface area contributed by atoms with Crippen molar-refractivity contribution < 1.29 is 14.7 Å². The molecule has 1 heterocycles. The molecule has 2 N–H and O–H groups in total. The first-order valence-corrected chi connectivity index (χ1v) is 7.43. The molecule has 0 saturated carbocycles. The number of aliphatic hydroxyl groups is 1. The van der Waals surface area contributed by atoms with Gasteiger partial charge in [-0.3, -0.25) is 15.0 Å². The fraction of sp³-hybridized carbons (Fsp3) is 0.167. The second kappa shape index (κ2) is 6.14. The van der Waals surface area contributed by atoms with Gasteiger partial charge in [-0.2, -0.15) is 5.26 Å². The molecule has 24 heavy (non-hydrogen) atoms. The van der Waals surface area contributed by atoms with Crippen molar-refractivity contribution in [3.05, 3.63) is 59.7 Å². The van der Waals surface area contributed by atoms with E-state index in [4.69, 9.17) is 5.26 Å². The lowest BCUT2D eigenvalue weighted by atomic mass is 10.0. The van der Waals surface area contributed by atoms with E-state index in [0.29, 0.717) is 11.1 Å². The van der Waals surface area contributed by atoms with E-state index in [0.717, 1.165) is 16.0 Å². The van der Waals surface area contributed by atoms with E-state index in [2.05, 4.69) is 11.4 Å². The lowest BCUT2D eigenvalue weighted by Crippen LogP contribution is -2.36. The Balaban J connectivity index is 1.82. The third-order valence-electron chi connectivity index (χ3n) is 4.08. The van der Waals surface area contributed by atoms with Crippen LogP contribution in [0, 0.1) is 11.3 Å². The van der Waals surface area contributed by atoms with Crippen LogP contribution in [0.1, 0.15) is 24.3 Å². The van der Waals surface area contributed by atoms with Gasteiger partial charge in [0, 0.05) is 5.56 Å². The molecule has 1 saturated heterocycles. The maximum absolute atomic E-state index is 11.8. The predicted molar refractivity (Wildman–Crippen MR) is 86.4 cm³/mol. The maximum Gasteiger partial charge on any atom is 0.327 e. The average Bonchev–Trinajstić information content (AvgIpc) is 2.87. The minimum absolute atomic E-state index is 0.423. The maximum atomic E-state index is 11.8. The Morgan fingerprint density at radius 3 is 2.08 bits per heavy atom. The first-order valence-electron chi connectivity index (χ1n) is 7.43. The molecular weight excluding hydrogens is 306 g/mol. The number of nitrogens with one attached hydrogen (secondary N) is 1. The second-order valence-electron chi connectivity index (χ2n) is 5.56. The van der Waals surface area contributed by atoms with Crippen molar-refractivity contribution in [2.24, 2.45) is 0 Å². The van der Waals surface area contributed by atoms with Crippen molar-refractivity contribution in [3.8, 4) is 17.2 Å². The van der Waals surface area contributed by atoms with E-state index in [1.54, 1.807) is 31.2 Å². The highest BCUT2D eigenvalue weighted by Gasteiger charge is 2.39. The Morgan fingerprint density at radius 1 is 1.08 bits per heavy atom. The molecule has 2 atom stereocenters. The van der Waals surface area contributed by atoms with Crippen LogP contribution < -0.4 is 5.32 Å². The van der Waals surface area contributed by atoms with Gasteiger partial charge < -0.3 is 5.11 Å². The molecule has 2 aromatic rings. The van der Waals surface area contributed by atoms with E-state index in [1.165, 1.54) is 0 Å². The van der Waals surface area contributed by atoms with Crippen LogP contribution in [0.15, 0.2) is 48.5 Å². The lowest BCUT2D eigenvalue weighted by Gasteiger charge is -2.25. The summed E-state index contributed by atoms with van der Waals surface area (Å²) in [5.74, 6) is -0.423. The van der Waals surface area contributed by atoms with Gasteiger partial charge in [-0.1, -0.05) is 36.4 Å². The molecule has 3 rings (SSSR count). The molecule has 0 radical (unpaired) electrons. The average molecular weight is 321 g/mol. The summed E-state index contributed by atoms with van der Waals surface area (Å²) in [6, 6.07) is 15.0. The summed E-state index contributed by atoms with van der Waals surface area (Å²) in [5.41, 5.74) is 2.97. The topological polar surface area (TPSA) is 93.4 Å². The number of imide groups is 1. The number of rotatable bonds is 3. The molecule has 120 valence electrons. The third kappa shape index (κ3) is 2.73. The molecule has 0 bridgehead atoms. The van der Waals surface area contributed by atoms with Crippen molar-refractivity contribution >= 4 is 11.9 Å². The summed E-state index contributed by atoms with van der Waals surface area (Å²) in [4.78, 5) is 24.4. The summed E-state index contributed by atoms with van der Waals surface area (Å²) < 4.78 is 0. The molecule has 6 heteroatoms. The summed E-state index contributed by atoms with van der Waals surface area (Å²) in [7, 11) is 0. The van der Waals surface area contributed by atoms with Crippen molar-refractivity contribution in [2.45, 2.75) is 19.2 Å². The Labute approximate surface area is 138 Å². The number of aliphatic hydroxyl groups excluding tert-OH is 1. The zero-order valence-corrected chi connectivity index (χ0v) is 12.9. The highest BCUT2D eigenvalue weighted by Crippen LogP contribution is 2.26. The quantitative estimate of drug-likeness (QED) is 0.847. The van der Waals surface area contributed by atoms with Gasteiger partial charge in [-0.15, -0.1) is 0 Å². The van der Waals surface area contributed by atoms with Gasteiger partial charge in [-0.05, 0) is 30.2 Å². The minimum Gasteiger partial charge on any atom is -0.369 e. The Hall–Kier alpha value is -3.17. The zero-order valence-electron chi connectivity index (χ0n) is 12.9. The Kier molecular flexibility index (Phi) is 4.02. The standard InChI is InChI=1S/C18H15N3O3/c1-11-16(22)20-18(24)21(11)17(23)15-8-6-14(7-9-15)13-4-2-12(10-19)3-5-13/h2-9,11,17,23H,1H3,(H,20,22,24). The van der Waals surface area contributed by atoms with Gasteiger partial charge in [0.2, 0.25) is 0 Å². The molecule has 1 aliphatic heterocycles. The van der Waals surface area contributed by atoms with E-state index in [-0.39, 0.29) is 0 Å². The fourth-order valence-corrected chi connectivity index (χ4v) is 2.64. The summed E-state index contributed by atoms with van der Waals surface area (Å²) >= 11 is 0. The molecule has 2 aromatic carbocycles. The number of amides is 3. The van der Waals surface area contributed by atoms with E-state index >= 15 is 0 Å². The van der Waals surface area contributed by atoms with Crippen LogP contribution in [-0.4, -0.2) is 28.0 Å². The molecule has 1 fully saturated rings. The fourth-order valence-electron chi connectivity index (χ4n) is 2.64. The van der Waals surface area contributed by atoms with E-state index < -0.39 is 24.2 Å². The predicted octanol–water partition coefficient (Wildman–Crippen LogP) is 2.16. The van der Waals surface area contributed by atoms with Crippen molar-refractivity contribution in [3.63, 3.8) is 0 Å². The van der Waals surface area contributed by atoms with Crippen LogP contribution in [0.25, 0.3) is 11.1 Å². The summed E-state index contributed by atoms with van der Waals surface area (Å²) in [6.45, 7) is 1.56. The van der Waals surface area contributed by atoms with Gasteiger partial charge in [0.1, 0.15) is 6.04 Å². The minimum atomic E-state index is -1.19. The lowest BCUT2D eigenvalue weighted by molar-refractivity contribution is -0.122. The Bertz CT molecular complexity index is 822. The normalized spacial score (nSPS) is 18.2. The molecule has 1 aliphatic rings. The van der Waals surface area contributed by atoms with Crippen LogP contribution in [-0.2, 0) is 4.79 Å². The first-order chi connectivity index (χ1) is 11.5. The van der Waals surface area contributed by atoms with Crippen LogP contribution in [0.5, 0.6) is 0 Å². The number of carbonyl (C=O) groups is 2. The van der Waals surface area contributed by atoms with Crippen molar-refractivity contribution in [2.75, 3.05) is 0 Å². The number of nitrogens with zero attached hydrogens (tertiary/aromatic N) is 2. The van der Waals surface area contributed by atoms with Gasteiger partial charge in [-0.25, -0.2) is 4.79 Å². The smallest absolute Gasteiger partial charge is 0.327 e. The number of carbonyl (C=O) groups excluding carboxylic acids is 2. The van der Waals surface area contributed by atoms with Gasteiger partial charge in [0.05, 0.1) is 11.6 Å².